The Balaban J connectivity index is 0.00000256. The summed E-state index contributed by atoms with van der Waals surface area (Å²) in [6, 6.07) is 20.9. The monoisotopic (exact) mass is 425 g/mol. The fourth-order valence-electron chi connectivity index (χ4n) is 3.74. The second-order valence-electron chi connectivity index (χ2n) is 7.24. The highest BCUT2D eigenvalue weighted by Gasteiger charge is 2.24. The molecule has 1 unspecified atom stereocenters. The van der Waals surface area contributed by atoms with Crippen LogP contribution in [0, 0.1) is 0 Å². The van der Waals surface area contributed by atoms with Crippen molar-refractivity contribution < 1.29 is 9.47 Å². The lowest BCUT2D eigenvalue weighted by Crippen LogP contribution is -2.45. The van der Waals surface area contributed by atoms with Crippen LogP contribution >= 0.6 is 12.4 Å². The predicted octanol–water partition coefficient (Wildman–Crippen LogP) is 4.24. The standard InChI is InChI=1S/C24H27N3O2.ClH/c1-28-24-14-20(9-10-23(24)29-18-19-6-3-2-4-7-19)17-27-13-12-26-16-22(27)21-8-5-11-25-15-21;/h2-11,14-15,22,26H,12-13,16-18H2,1H3;1H. The van der Waals surface area contributed by atoms with E-state index >= 15 is 0 Å². The SMILES string of the molecule is COc1cc(CN2CCNCC2c2cccnc2)ccc1OCc1ccccc1.Cl. The van der Waals surface area contributed by atoms with Crippen LogP contribution in [0.4, 0.5) is 0 Å². The average molecular weight is 426 g/mol. The zero-order valence-electron chi connectivity index (χ0n) is 17.2. The van der Waals surface area contributed by atoms with Crippen LogP contribution in [0.2, 0.25) is 0 Å². The second-order valence-corrected chi connectivity index (χ2v) is 7.24. The first-order chi connectivity index (χ1) is 14.3. The average Bonchev–Trinajstić information content (AvgIpc) is 2.80. The molecule has 2 heterocycles. The van der Waals surface area contributed by atoms with Gasteiger partial charge in [0.05, 0.1) is 7.11 Å². The Morgan fingerprint density at radius 2 is 1.90 bits per heavy atom. The van der Waals surface area contributed by atoms with E-state index in [9.17, 15) is 0 Å². The third-order valence-electron chi connectivity index (χ3n) is 5.27. The summed E-state index contributed by atoms with van der Waals surface area (Å²) < 4.78 is 11.6. The number of benzene rings is 2. The number of pyridine rings is 1. The van der Waals surface area contributed by atoms with Crippen LogP contribution in [-0.4, -0.2) is 36.6 Å². The summed E-state index contributed by atoms with van der Waals surface area (Å²) in [5.74, 6) is 1.54. The van der Waals surface area contributed by atoms with Crippen molar-refractivity contribution in [2.24, 2.45) is 0 Å². The first-order valence-corrected chi connectivity index (χ1v) is 10.0. The van der Waals surface area contributed by atoms with Crippen LogP contribution in [0.15, 0.2) is 73.1 Å². The predicted molar refractivity (Wildman–Crippen MR) is 121 cm³/mol. The van der Waals surface area contributed by atoms with E-state index in [0.29, 0.717) is 12.6 Å². The highest BCUT2D eigenvalue weighted by atomic mass is 35.5. The first kappa shape index (κ1) is 22.1. The van der Waals surface area contributed by atoms with Gasteiger partial charge in [0.15, 0.2) is 11.5 Å². The summed E-state index contributed by atoms with van der Waals surface area (Å²) in [6.45, 7) is 4.30. The van der Waals surface area contributed by atoms with Crippen LogP contribution in [-0.2, 0) is 13.2 Å². The highest BCUT2D eigenvalue weighted by Crippen LogP contribution is 2.31. The number of ether oxygens (including phenoxy) is 2. The molecule has 0 spiro atoms. The molecule has 0 bridgehead atoms. The van der Waals surface area contributed by atoms with Crippen LogP contribution in [0.3, 0.4) is 0 Å². The number of aromatic nitrogens is 1. The molecular formula is C24H28ClN3O2. The zero-order valence-corrected chi connectivity index (χ0v) is 18.0. The fourth-order valence-corrected chi connectivity index (χ4v) is 3.74. The van der Waals surface area contributed by atoms with Gasteiger partial charge in [-0.2, -0.15) is 0 Å². The Bertz CT molecular complexity index is 909. The van der Waals surface area contributed by atoms with E-state index in [0.717, 1.165) is 43.2 Å². The molecule has 30 heavy (non-hydrogen) atoms. The van der Waals surface area contributed by atoms with E-state index in [-0.39, 0.29) is 12.4 Å². The minimum atomic E-state index is 0. The van der Waals surface area contributed by atoms with Crippen LogP contribution in [0.1, 0.15) is 22.7 Å². The molecule has 0 aliphatic carbocycles. The number of nitrogens with one attached hydrogen (secondary N) is 1. The van der Waals surface area contributed by atoms with E-state index in [1.54, 1.807) is 7.11 Å². The van der Waals surface area contributed by atoms with Crippen LogP contribution in [0.25, 0.3) is 0 Å². The lowest BCUT2D eigenvalue weighted by Gasteiger charge is -2.36. The molecule has 158 valence electrons. The largest absolute Gasteiger partial charge is 0.493 e. The number of methoxy groups -OCH3 is 1. The maximum Gasteiger partial charge on any atom is 0.161 e. The Kier molecular flexibility index (Phi) is 8.08. The summed E-state index contributed by atoms with van der Waals surface area (Å²) in [7, 11) is 1.69. The second kappa shape index (κ2) is 11.0. The number of piperazine rings is 1. The Morgan fingerprint density at radius 1 is 1.03 bits per heavy atom. The van der Waals surface area contributed by atoms with Crippen molar-refractivity contribution in [3.8, 4) is 11.5 Å². The van der Waals surface area contributed by atoms with E-state index < -0.39 is 0 Å². The maximum atomic E-state index is 5.99. The van der Waals surface area contributed by atoms with E-state index in [2.05, 4.69) is 45.5 Å². The third kappa shape index (κ3) is 5.51. The molecule has 2 aromatic carbocycles. The van der Waals surface area contributed by atoms with Crippen molar-refractivity contribution in [2.75, 3.05) is 26.7 Å². The van der Waals surface area contributed by atoms with Gasteiger partial charge in [-0.15, -0.1) is 12.4 Å². The zero-order chi connectivity index (χ0) is 19.9. The van der Waals surface area contributed by atoms with Gasteiger partial charge in [-0.05, 0) is 34.9 Å². The molecule has 1 aliphatic rings. The smallest absolute Gasteiger partial charge is 0.161 e. The molecule has 0 radical (unpaired) electrons. The summed E-state index contributed by atoms with van der Waals surface area (Å²) in [6.07, 6.45) is 3.79. The van der Waals surface area contributed by atoms with Crippen molar-refractivity contribution in [1.82, 2.24) is 15.2 Å². The van der Waals surface area contributed by atoms with Gasteiger partial charge in [0.1, 0.15) is 6.61 Å². The maximum absolute atomic E-state index is 5.99. The fraction of sp³-hybridized carbons (Fsp3) is 0.292. The molecule has 1 aliphatic heterocycles. The quantitative estimate of drug-likeness (QED) is 0.613. The summed E-state index contributed by atoms with van der Waals surface area (Å²) in [5.41, 5.74) is 3.60. The van der Waals surface area contributed by atoms with Gasteiger partial charge in [-0.25, -0.2) is 0 Å². The topological polar surface area (TPSA) is 46.6 Å². The Morgan fingerprint density at radius 3 is 2.67 bits per heavy atom. The summed E-state index contributed by atoms with van der Waals surface area (Å²) >= 11 is 0. The minimum absolute atomic E-state index is 0. The van der Waals surface area contributed by atoms with E-state index in [1.165, 1.54) is 11.1 Å². The molecule has 1 aromatic heterocycles. The molecule has 0 saturated carbocycles. The lowest BCUT2D eigenvalue weighted by atomic mass is 10.0. The third-order valence-corrected chi connectivity index (χ3v) is 5.27. The van der Waals surface area contributed by atoms with Gasteiger partial charge in [0.2, 0.25) is 0 Å². The molecule has 1 saturated heterocycles. The van der Waals surface area contributed by atoms with Gasteiger partial charge in [0.25, 0.3) is 0 Å². The molecule has 3 aromatic rings. The molecule has 4 rings (SSSR count). The van der Waals surface area contributed by atoms with E-state index in [4.69, 9.17) is 9.47 Å². The summed E-state index contributed by atoms with van der Waals surface area (Å²) in [4.78, 5) is 6.79. The number of halogens is 1. The van der Waals surface area contributed by atoms with Crippen LogP contribution < -0.4 is 14.8 Å². The normalized spacial score (nSPS) is 16.5. The minimum Gasteiger partial charge on any atom is -0.493 e. The number of rotatable bonds is 7. The Hall–Kier alpha value is -2.60. The number of nitrogens with zero attached hydrogens (tertiary/aromatic N) is 2. The molecule has 0 amide bonds. The van der Waals surface area contributed by atoms with Gasteiger partial charge >= 0.3 is 0 Å². The molecule has 6 heteroatoms. The van der Waals surface area contributed by atoms with Crippen molar-refractivity contribution in [3.63, 3.8) is 0 Å². The van der Waals surface area contributed by atoms with Gasteiger partial charge in [-0.1, -0.05) is 42.5 Å². The van der Waals surface area contributed by atoms with Crippen molar-refractivity contribution in [1.29, 1.82) is 0 Å². The molecule has 1 fully saturated rings. The van der Waals surface area contributed by atoms with Crippen LogP contribution in [0.5, 0.6) is 11.5 Å². The van der Waals surface area contributed by atoms with Gasteiger partial charge in [0, 0.05) is 44.6 Å². The van der Waals surface area contributed by atoms with E-state index in [1.807, 2.05) is 42.7 Å². The summed E-state index contributed by atoms with van der Waals surface area (Å²) in [5, 5.41) is 3.50. The Labute approximate surface area is 184 Å². The molecule has 1 atom stereocenters. The lowest BCUT2D eigenvalue weighted by molar-refractivity contribution is 0.153. The molecular weight excluding hydrogens is 398 g/mol. The highest BCUT2D eigenvalue weighted by molar-refractivity contribution is 5.85. The van der Waals surface area contributed by atoms with Crippen molar-refractivity contribution in [2.45, 2.75) is 19.2 Å². The molecule has 5 nitrogen and oxygen atoms in total. The van der Waals surface area contributed by atoms with Gasteiger partial charge < -0.3 is 14.8 Å². The molecule has 1 N–H and O–H groups in total. The van der Waals surface area contributed by atoms with Gasteiger partial charge in [-0.3, -0.25) is 9.88 Å². The number of hydrogen-bond donors (Lipinski definition) is 1. The van der Waals surface area contributed by atoms with Crippen molar-refractivity contribution >= 4 is 12.4 Å². The number of hydrogen-bond acceptors (Lipinski definition) is 5. The first-order valence-electron chi connectivity index (χ1n) is 10.0. The van der Waals surface area contributed by atoms with Crippen molar-refractivity contribution in [3.05, 3.63) is 89.7 Å².